The van der Waals surface area contributed by atoms with E-state index in [1.807, 2.05) is 6.07 Å². The van der Waals surface area contributed by atoms with Crippen molar-refractivity contribution in [1.29, 1.82) is 0 Å². The summed E-state index contributed by atoms with van der Waals surface area (Å²) in [5.41, 5.74) is 2.05. The number of hydrogen-bond acceptors (Lipinski definition) is 5. The summed E-state index contributed by atoms with van der Waals surface area (Å²) in [5.74, 6) is 0. The van der Waals surface area contributed by atoms with E-state index in [1.54, 1.807) is 44.7 Å². The van der Waals surface area contributed by atoms with Crippen molar-refractivity contribution in [3.05, 3.63) is 42.2 Å². The van der Waals surface area contributed by atoms with Gasteiger partial charge in [0.15, 0.2) is 0 Å². The lowest BCUT2D eigenvalue weighted by Gasteiger charge is -2.08. The minimum absolute atomic E-state index is 0.150. The summed E-state index contributed by atoms with van der Waals surface area (Å²) in [6.45, 7) is 3.60. The highest BCUT2D eigenvalue weighted by Crippen LogP contribution is 2.29. The standard InChI is InChI=1S/C15H13ClN4O2/c1-9(2)22-15(21)20-8-11(10-3-5-17-7-13(10)20)12-4-6-18-14(16)19-12/h3-9H,1-2H3. The van der Waals surface area contributed by atoms with Gasteiger partial charge in [-0.3, -0.25) is 9.55 Å². The zero-order valence-corrected chi connectivity index (χ0v) is 12.8. The van der Waals surface area contributed by atoms with Gasteiger partial charge in [0, 0.05) is 29.5 Å². The third-order valence-corrected chi connectivity index (χ3v) is 3.23. The quantitative estimate of drug-likeness (QED) is 0.676. The number of carbonyl (C=O) groups is 1. The maximum absolute atomic E-state index is 12.2. The molecule has 0 spiro atoms. The zero-order chi connectivity index (χ0) is 15.7. The molecule has 0 atom stereocenters. The molecule has 0 fully saturated rings. The van der Waals surface area contributed by atoms with Gasteiger partial charge in [-0.1, -0.05) is 0 Å². The van der Waals surface area contributed by atoms with Crippen LogP contribution < -0.4 is 0 Å². The van der Waals surface area contributed by atoms with E-state index in [9.17, 15) is 4.79 Å². The SMILES string of the molecule is CC(C)OC(=O)n1cc(-c2ccnc(Cl)n2)c2ccncc21. The third kappa shape index (κ3) is 2.65. The van der Waals surface area contributed by atoms with Crippen molar-refractivity contribution in [1.82, 2.24) is 19.5 Å². The summed E-state index contributed by atoms with van der Waals surface area (Å²) >= 11 is 5.85. The maximum atomic E-state index is 12.2. The van der Waals surface area contributed by atoms with Crippen LogP contribution in [0.5, 0.6) is 0 Å². The number of pyridine rings is 1. The van der Waals surface area contributed by atoms with Crippen LogP contribution in [0.25, 0.3) is 22.2 Å². The maximum Gasteiger partial charge on any atom is 0.418 e. The van der Waals surface area contributed by atoms with Gasteiger partial charge in [0.2, 0.25) is 5.28 Å². The molecule has 3 aromatic rings. The molecule has 3 aromatic heterocycles. The fourth-order valence-corrected chi connectivity index (χ4v) is 2.32. The molecule has 0 unspecified atom stereocenters. The van der Waals surface area contributed by atoms with E-state index in [0.717, 1.165) is 10.9 Å². The van der Waals surface area contributed by atoms with E-state index < -0.39 is 6.09 Å². The van der Waals surface area contributed by atoms with Crippen LogP contribution in [0.4, 0.5) is 4.79 Å². The number of halogens is 1. The van der Waals surface area contributed by atoms with Gasteiger partial charge in [-0.2, -0.15) is 0 Å². The molecule has 0 N–H and O–H groups in total. The Bertz CT molecular complexity index is 844. The molecule has 0 amide bonds. The summed E-state index contributed by atoms with van der Waals surface area (Å²) in [6, 6.07) is 3.55. The highest BCUT2D eigenvalue weighted by molar-refractivity contribution is 6.28. The second kappa shape index (κ2) is 5.73. The predicted molar refractivity (Wildman–Crippen MR) is 82.8 cm³/mol. The van der Waals surface area contributed by atoms with Crippen LogP contribution in [0.3, 0.4) is 0 Å². The van der Waals surface area contributed by atoms with Gasteiger partial charge >= 0.3 is 6.09 Å². The average molecular weight is 317 g/mol. The Balaban J connectivity index is 2.18. The topological polar surface area (TPSA) is 69.9 Å². The minimum Gasteiger partial charge on any atom is -0.446 e. The van der Waals surface area contributed by atoms with E-state index in [0.29, 0.717) is 11.2 Å². The fraction of sp³-hybridized carbons (Fsp3) is 0.200. The van der Waals surface area contributed by atoms with Gasteiger partial charge in [0.1, 0.15) is 0 Å². The van der Waals surface area contributed by atoms with Crippen LogP contribution in [0.15, 0.2) is 36.9 Å². The molecule has 0 radical (unpaired) electrons. The molecule has 0 aromatic carbocycles. The van der Waals surface area contributed by atoms with Crippen LogP contribution in [0.2, 0.25) is 5.28 Å². The van der Waals surface area contributed by atoms with Crippen LogP contribution in [-0.2, 0) is 4.74 Å². The first-order valence-corrected chi connectivity index (χ1v) is 7.09. The van der Waals surface area contributed by atoms with Crippen molar-refractivity contribution in [3.8, 4) is 11.3 Å². The van der Waals surface area contributed by atoms with Gasteiger partial charge in [-0.25, -0.2) is 14.8 Å². The molecule has 3 rings (SSSR count). The second-order valence-electron chi connectivity index (χ2n) is 4.95. The molecular formula is C15H13ClN4O2. The Kier molecular flexibility index (Phi) is 3.77. The molecule has 6 nitrogen and oxygen atoms in total. The van der Waals surface area contributed by atoms with E-state index in [-0.39, 0.29) is 11.4 Å². The first-order chi connectivity index (χ1) is 10.6. The third-order valence-electron chi connectivity index (χ3n) is 3.04. The number of rotatable bonds is 2. The Labute approximate surface area is 131 Å². The van der Waals surface area contributed by atoms with Crippen LogP contribution in [0.1, 0.15) is 13.8 Å². The first kappa shape index (κ1) is 14.5. The van der Waals surface area contributed by atoms with Crippen LogP contribution >= 0.6 is 11.6 Å². The van der Waals surface area contributed by atoms with E-state index in [2.05, 4.69) is 15.0 Å². The van der Waals surface area contributed by atoms with Crippen molar-refractivity contribution in [3.63, 3.8) is 0 Å². The van der Waals surface area contributed by atoms with Crippen LogP contribution in [0, 0.1) is 0 Å². The molecule has 112 valence electrons. The monoisotopic (exact) mass is 316 g/mol. The summed E-state index contributed by atoms with van der Waals surface area (Å²) in [7, 11) is 0. The Hall–Kier alpha value is -2.47. The predicted octanol–water partition coefficient (Wildman–Crippen LogP) is 3.54. The molecule has 0 aliphatic heterocycles. The zero-order valence-electron chi connectivity index (χ0n) is 12.0. The van der Waals surface area contributed by atoms with E-state index in [4.69, 9.17) is 16.3 Å². The lowest BCUT2D eigenvalue weighted by Crippen LogP contribution is -2.17. The Morgan fingerprint density at radius 2 is 2.14 bits per heavy atom. The second-order valence-corrected chi connectivity index (χ2v) is 5.29. The largest absolute Gasteiger partial charge is 0.446 e. The number of nitrogens with zero attached hydrogens (tertiary/aromatic N) is 4. The number of ether oxygens (including phenoxy) is 1. The molecule has 0 saturated heterocycles. The van der Waals surface area contributed by atoms with Gasteiger partial charge < -0.3 is 4.74 Å². The highest BCUT2D eigenvalue weighted by atomic mass is 35.5. The smallest absolute Gasteiger partial charge is 0.418 e. The van der Waals surface area contributed by atoms with Crippen molar-refractivity contribution >= 4 is 28.6 Å². The Morgan fingerprint density at radius 3 is 2.86 bits per heavy atom. The first-order valence-electron chi connectivity index (χ1n) is 6.71. The molecule has 22 heavy (non-hydrogen) atoms. The van der Waals surface area contributed by atoms with Crippen LogP contribution in [-0.4, -0.2) is 31.7 Å². The molecule has 0 aliphatic carbocycles. The number of aromatic nitrogens is 4. The normalized spacial score (nSPS) is 11.1. The van der Waals surface area contributed by atoms with Gasteiger partial charge in [-0.05, 0) is 37.6 Å². The molecule has 7 heteroatoms. The highest BCUT2D eigenvalue weighted by Gasteiger charge is 2.17. The molecule has 3 heterocycles. The fourth-order valence-electron chi connectivity index (χ4n) is 2.17. The van der Waals surface area contributed by atoms with Gasteiger partial charge in [-0.15, -0.1) is 0 Å². The lowest BCUT2D eigenvalue weighted by molar-refractivity contribution is 0.118. The summed E-state index contributed by atoms with van der Waals surface area (Å²) in [4.78, 5) is 24.4. The summed E-state index contributed by atoms with van der Waals surface area (Å²) in [5, 5.41) is 0.989. The average Bonchev–Trinajstić information content (AvgIpc) is 2.86. The molecule has 0 bridgehead atoms. The van der Waals surface area contributed by atoms with Gasteiger partial charge in [0.25, 0.3) is 0 Å². The number of fused-ring (bicyclic) bond motifs is 1. The number of hydrogen-bond donors (Lipinski definition) is 0. The molecule has 0 saturated carbocycles. The summed E-state index contributed by atoms with van der Waals surface area (Å²) < 4.78 is 6.68. The van der Waals surface area contributed by atoms with Crippen molar-refractivity contribution in [2.45, 2.75) is 20.0 Å². The molecule has 0 aliphatic rings. The van der Waals surface area contributed by atoms with E-state index >= 15 is 0 Å². The number of carbonyl (C=O) groups excluding carboxylic acids is 1. The van der Waals surface area contributed by atoms with Crippen molar-refractivity contribution in [2.75, 3.05) is 0 Å². The Morgan fingerprint density at radius 1 is 1.32 bits per heavy atom. The van der Waals surface area contributed by atoms with Crippen molar-refractivity contribution in [2.24, 2.45) is 0 Å². The lowest BCUT2D eigenvalue weighted by atomic mass is 10.1. The van der Waals surface area contributed by atoms with Gasteiger partial charge in [0.05, 0.1) is 23.5 Å². The minimum atomic E-state index is -0.459. The van der Waals surface area contributed by atoms with Crippen molar-refractivity contribution < 1.29 is 9.53 Å². The van der Waals surface area contributed by atoms with E-state index in [1.165, 1.54) is 4.57 Å². The molecular weight excluding hydrogens is 304 g/mol. The summed E-state index contributed by atoms with van der Waals surface area (Å²) in [6.07, 6.45) is 5.85.